The molecule has 2 aromatic carbocycles. The predicted molar refractivity (Wildman–Crippen MR) is 183 cm³/mol. The van der Waals surface area contributed by atoms with Crippen molar-refractivity contribution in [3.63, 3.8) is 0 Å². The Labute approximate surface area is 271 Å². The average Bonchev–Trinajstić information content (AvgIpc) is 3.82. The molecule has 0 bridgehead atoms. The Balaban J connectivity index is 0.000000652. The van der Waals surface area contributed by atoms with Crippen molar-refractivity contribution < 1.29 is 23.1 Å². The topological polar surface area (TPSA) is 79.5 Å². The second-order valence-electron chi connectivity index (χ2n) is 11.7. The minimum absolute atomic E-state index is 0.105. The van der Waals surface area contributed by atoms with Crippen LogP contribution in [0, 0.1) is 24.5 Å². The first-order valence-corrected chi connectivity index (χ1v) is 16.6. The van der Waals surface area contributed by atoms with Gasteiger partial charge in [-0.05, 0) is 87.6 Å². The highest BCUT2D eigenvalue weighted by molar-refractivity contribution is 5.78. The molecular weight excluding hydrogens is 572 g/mol. The summed E-state index contributed by atoms with van der Waals surface area (Å²) in [5.41, 5.74) is 4.59. The lowest BCUT2D eigenvalue weighted by Crippen LogP contribution is -2.38. The van der Waals surface area contributed by atoms with E-state index in [4.69, 9.17) is 4.74 Å². The van der Waals surface area contributed by atoms with Gasteiger partial charge in [-0.2, -0.15) is 0 Å². The van der Waals surface area contributed by atoms with E-state index in [1.807, 2.05) is 32.9 Å². The number of hydrogen-bond acceptors (Lipinski definition) is 4. The van der Waals surface area contributed by atoms with Gasteiger partial charge in [0.15, 0.2) is 11.6 Å². The van der Waals surface area contributed by atoms with Crippen LogP contribution in [0.5, 0.6) is 5.75 Å². The van der Waals surface area contributed by atoms with E-state index >= 15 is 0 Å². The number of amides is 2. The van der Waals surface area contributed by atoms with Gasteiger partial charge >= 0.3 is 0 Å². The van der Waals surface area contributed by atoms with Crippen LogP contribution in [0.3, 0.4) is 0 Å². The van der Waals surface area contributed by atoms with E-state index in [2.05, 4.69) is 50.6 Å². The SMILES string of the molecule is CC(C)COc1c(F)cccc1CCCNC=O.CCC.CCCC(C)NC(=O)CNC(CC)=C1CC1.Cc1cccc(F)c1. The average molecular weight is 632 g/mol. The van der Waals surface area contributed by atoms with E-state index in [-0.39, 0.29) is 23.6 Å². The summed E-state index contributed by atoms with van der Waals surface area (Å²) in [7, 11) is 0. The van der Waals surface area contributed by atoms with Crippen LogP contribution in [-0.4, -0.2) is 38.1 Å². The summed E-state index contributed by atoms with van der Waals surface area (Å²) >= 11 is 0. The lowest BCUT2D eigenvalue weighted by Gasteiger charge is -2.14. The van der Waals surface area contributed by atoms with Crippen LogP contribution in [0.25, 0.3) is 0 Å². The first-order chi connectivity index (χ1) is 21.5. The zero-order valence-corrected chi connectivity index (χ0v) is 29.0. The third kappa shape index (κ3) is 21.8. The Hall–Kier alpha value is -3.42. The normalized spacial score (nSPS) is 11.8. The third-order valence-corrected chi connectivity index (χ3v) is 6.31. The maximum atomic E-state index is 13.7. The van der Waals surface area contributed by atoms with E-state index in [1.165, 1.54) is 48.7 Å². The number of carbonyl (C=O) groups excluding carboxylic acids is 2. The number of aryl methyl sites for hydroxylation is 2. The van der Waals surface area contributed by atoms with Gasteiger partial charge in [0, 0.05) is 18.3 Å². The van der Waals surface area contributed by atoms with Gasteiger partial charge < -0.3 is 20.7 Å². The summed E-state index contributed by atoms with van der Waals surface area (Å²) in [6.45, 7) is 18.0. The van der Waals surface area contributed by atoms with Crippen LogP contribution < -0.4 is 20.7 Å². The molecule has 2 aromatic rings. The second-order valence-corrected chi connectivity index (χ2v) is 11.7. The van der Waals surface area contributed by atoms with Crippen molar-refractivity contribution in [2.24, 2.45) is 5.92 Å². The fourth-order valence-electron chi connectivity index (χ4n) is 4.09. The molecule has 2 amide bonds. The molecule has 0 spiro atoms. The molecular formula is C37H59F2N3O3. The van der Waals surface area contributed by atoms with Crippen molar-refractivity contribution in [3.8, 4) is 5.75 Å². The number of benzene rings is 2. The molecule has 0 aromatic heterocycles. The van der Waals surface area contributed by atoms with E-state index in [0.29, 0.717) is 44.2 Å². The van der Waals surface area contributed by atoms with Gasteiger partial charge in [-0.25, -0.2) is 8.78 Å². The summed E-state index contributed by atoms with van der Waals surface area (Å²) in [5, 5.41) is 8.83. The number of ether oxygens (including phenoxy) is 1. The molecule has 1 atom stereocenters. The van der Waals surface area contributed by atoms with Crippen LogP contribution in [0.2, 0.25) is 0 Å². The molecule has 0 radical (unpaired) electrons. The highest BCUT2D eigenvalue weighted by Gasteiger charge is 2.17. The van der Waals surface area contributed by atoms with Gasteiger partial charge in [-0.15, -0.1) is 0 Å². The number of halogens is 2. The van der Waals surface area contributed by atoms with Crippen molar-refractivity contribution in [1.82, 2.24) is 16.0 Å². The van der Waals surface area contributed by atoms with Crippen molar-refractivity contribution in [2.75, 3.05) is 19.7 Å². The molecule has 45 heavy (non-hydrogen) atoms. The molecule has 0 heterocycles. The predicted octanol–water partition coefficient (Wildman–Crippen LogP) is 8.43. The van der Waals surface area contributed by atoms with Crippen molar-refractivity contribution in [1.29, 1.82) is 0 Å². The van der Waals surface area contributed by atoms with Crippen LogP contribution >= 0.6 is 0 Å². The molecule has 8 heteroatoms. The molecule has 0 aliphatic heterocycles. The zero-order chi connectivity index (χ0) is 34.0. The summed E-state index contributed by atoms with van der Waals surface area (Å²) in [5.74, 6) is 0.320. The van der Waals surface area contributed by atoms with Gasteiger partial charge in [0.25, 0.3) is 0 Å². The fourth-order valence-corrected chi connectivity index (χ4v) is 4.09. The quantitative estimate of drug-likeness (QED) is 0.136. The summed E-state index contributed by atoms with van der Waals surface area (Å²) < 4.78 is 31.4. The minimum Gasteiger partial charge on any atom is -0.490 e. The molecule has 254 valence electrons. The summed E-state index contributed by atoms with van der Waals surface area (Å²) in [4.78, 5) is 21.7. The number of nitrogens with one attached hydrogen (secondary N) is 3. The standard InChI is InChI=1S/C14H20FNO2.C13H24N2O.C7H7F.C3H8/c1-11(2)9-18-14-12(5-3-7-13(14)15)6-4-8-16-10-17;1-4-6-10(3)15-13(16)9-14-12(5-2)11-7-8-11;1-6-3-2-4-7(8)5-6;1-3-2/h3,5,7,10-11H,4,6,8-9H2,1-2H3,(H,16,17);10,14H,4-9H2,1-3H3,(H,15,16);2-5H,1H3;3H2,1-2H3. The molecule has 6 nitrogen and oxygen atoms in total. The monoisotopic (exact) mass is 631 g/mol. The zero-order valence-electron chi connectivity index (χ0n) is 29.0. The first-order valence-electron chi connectivity index (χ1n) is 16.6. The largest absolute Gasteiger partial charge is 0.490 e. The van der Waals surface area contributed by atoms with Gasteiger partial charge in [-0.1, -0.05) is 84.2 Å². The van der Waals surface area contributed by atoms with Crippen LogP contribution in [0.1, 0.15) is 105 Å². The van der Waals surface area contributed by atoms with Crippen LogP contribution in [0.4, 0.5) is 8.78 Å². The number of hydrogen-bond donors (Lipinski definition) is 3. The Bertz CT molecular complexity index is 1100. The smallest absolute Gasteiger partial charge is 0.239 e. The first kappa shape index (κ1) is 41.6. The van der Waals surface area contributed by atoms with Gasteiger partial charge in [-0.3, -0.25) is 9.59 Å². The Morgan fingerprint density at radius 3 is 2.20 bits per heavy atom. The highest BCUT2D eigenvalue weighted by Crippen LogP contribution is 2.31. The highest BCUT2D eigenvalue weighted by atomic mass is 19.1. The number of rotatable bonds is 15. The summed E-state index contributed by atoms with van der Waals surface area (Å²) in [6, 6.07) is 11.7. The maximum Gasteiger partial charge on any atom is 0.239 e. The number of para-hydroxylation sites is 1. The molecule has 1 saturated carbocycles. The number of allylic oxidation sites excluding steroid dienone is 2. The fraction of sp³-hybridized carbons (Fsp3) is 0.568. The number of carbonyl (C=O) groups is 2. The Morgan fingerprint density at radius 1 is 1.02 bits per heavy atom. The van der Waals surface area contributed by atoms with Gasteiger partial charge in [0.2, 0.25) is 12.3 Å². The molecule has 1 fully saturated rings. The van der Waals surface area contributed by atoms with E-state index in [1.54, 1.807) is 12.1 Å². The minimum atomic E-state index is -0.323. The summed E-state index contributed by atoms with van der Waals surface area (Å²) in [6.07, 6.45) is 8.96. The van der Waals surface area contributed by atoms with Crippen molar-refractivity contribution in [2.45, 2.75) is 113 Å². The maximum absolute atomic E-state index is 13.7. The molecule has 1 aliphatic rings. The van der Waals surface area contributed by atoms with Gasteiger partial charge in [0.05, 0.1) is 13.2 Å². The van der Waals surface area contributed by atoms with Crippen LogP contribution in [0.15, 0.2) is 53.7 Å². The van der Waals surface area contributed by atoms with Crippen molar-refractivity contribution in [3.05, 3.63) is 76.5 Å². The molecule has 1 aliphatic carbocycles. The lowest BCUT2D eigenvalue weighted by molar-refractivity contribution is -0.120. The van der Waals surface area contributed by atoms with E-state index < -0.39 is 0 Å². The Morgan fingerprint density at radius 2 is 1.69 bits per heavy atom. The van der Waals surface area contributed by atoms with Gasteiger partial charge in [0.1, 0.15) is 5.82 Å². The second kappa shape index (κ2) is 25.9. The van der Waals surface area contributed by atoms with E-state index in [9.17, 15) is 18.4 Å². The third-order valence-electron chi connectivity index (χ3n) is 6.31. The molecule has 1 unspecified atom stereocenters. The van der Waals surface area contributed by atoms with Crippen LogP contribution in [-0.2, 0) is 16.0 Å². The van der Waals surface area contributed by atoms with E-state index in [0.717, 1.165) is 36.8 Å². The molecule has 3 rings (SSSR count). The van der Waals surface area contributed by atoms with Crippen molar-refractivity contribution >= 4 is 12.3 Å². The lowest BCUT2D eigenvalue weighted by atomic mass is 10.1. The molecule has 0 saturated heterocycles. The molecule has 3 N–H and O–H groups in total. The Kier molecular flexibility index (Phi) is 23.9.